The number of rotatable bonds is 1. The summed E-state index contributed by atoms with van der Waals surface area (Å²) in [6.07, 6.45) is 5.66. The largest absolute Gasteiger partial charge is 0.444 e. The molecule has 0 aliphatic carbocycles. The first kappa shape index (κ1) is 15.6. The lowest BCUT2D eigenvalue weighted by molar-refractivity contribution is -0.386. The molecule has 5 nitrogen and oxygen atoms in total. The van der Waals surface area contributed by atoms with Gasteiger partial charge in [0.2, 0.25) is 5.75 Å². The van der Waals surface area contributed by atoms with E-state index in [1.54, 1.807) is 12.1 Å². The molecule has 132 valence electrons. The Morgan fingerprint density at radius 3 is 2.70 bits per heavy atom. The Balaban J connectivity index is 1.66. The summed E-state index contributed by atoms with van der Waals surface area (Å²) in [7, 11) is 0. The maximum Gasteiger partial charge on any atom is 0.311 e. The van der Waals surface area contributed by atoms with E-state index >= 15 is 0 Å². The molecular formula is C22H15NO4. The number of nitro groups is 1. The summed E-state index contributed by atoms with van der Waals surface area (Å²) in [4.78, 5) is 11.0. The lowest BCUT2D eigenvalue weighted by atomic mass is 9.93. The number of para-hydroxylation sites is 1. The number of fused-ring (bicyclic) bond motifs is 4. The highest BCUT2D eigenvalue weighted by Crippen LogP contribution is 2.46. The molecular weight excluding hydrogens is 342 g/mol. The predicted octanol–water partition coefficient (Wildman–Crippen LogP) is 5.35. The molecule has 1 atom stereocenters. The lowest BCUT2D eigenvalue weighted by Crippen LogP contribution is -2.44. The van der Waals surface area contributed by atoms with Crippen molar-refractivity contribution in [2.24, 2.45) is 0 Å². The van der Waals surface area contributed by atoms with Gasteiger partial charge >= 0.3 is 5.69 Å². The quantitative estimate of drug-likeness (QED) is 0.435. The molecule has 2 aliphatic rings. The van der Waals surface area contributed by atoms with Crippen LogP contribution >= 0.6 is 0 Å². The number of nitrogens with zero attached hydrogens (tertiary/aromatic N) is 1. The minimum atomic E-state index is -1.19. The zero-order chi connectivity index (χ0) is 18.6. The number of benzene rings is 3. The molecule has 0 radical (unpaired) electrons. The Labute approximate surface area is 155 Å². The van der Waals surface area contributed by atoms with Crippen LogP contribution in [-0.2, 0) is 0 Å². The second kappa shape index (κ2) is 5.45. The summed E-state index contributed by atoms with van der Waals surface area (Å²) in [5.74, 6) is -0.276. The van der Waals surface area contributed by atoms with Crippen LogP contribution in [0.1, 0.15) is 18.1 Å². The van der Waals surface area contributed by atoms with E-state index in [-0.39, 0.29) is 11.4 Å². The molecule has 0 saturated carbocycles. The first-order valence-electron chi connectivity index (χ1n) is 8.63. The van der Waals surface area contributed by atoms with Crippen LogP contribution in [0.5, 0.6) is 11.5 Å². The van der Waals surface area contributed by atoms with Crippen LogP contribution in [0, 0.1) is 10.1 Å². The van der Waals surface area contributed by atoms with Gasteiger partial charge in [0, 0.05) is 28.8 Å². The summed E-state index contributed by atoms with van der Waals surface area (Å²) in [5, 5.41) is 13.6. The minimum Gasteiger partial charge on any atom is -0.444 e. The molecule has 3 aromatic carbocycles. The molecule has 3 aromatic rings. The van der Waals surface area contributed by atoms with Gasteiger partial charge in [0.05, 0.1) is 4.92 Å². The van der Waals surface area contributed by atoms with E-state index in [0.29, 0.717) is 11.3 Å². The van der Waals surface area contributed by atoms with Gasteiger partial charge in [-0.15, -0.1) is 0 Å². The van der Waals surface area contributed by atoms with Crippen LogP contribution in [-0.4, -0.2) is 10.7 Å². The Morgan fingerprint density at radius 1 is 1.00 bits per heavy atom. The lowest BCUT2D eigenvalue weighted by Gasteiger charge is -2.38. The van der Waals surface area contributed by atoms with Crippen LogP contribution in [0.3, 0.4) is 0 Å². The number of hydrogen-bond donors (Lipinski definition) is 0. The summed E-state index contributed by atoms with van der Waals surface area (Å²) >= 11 is 0. The molecule has 5 rings (SSSR count). The number of nitro benzene ring substituents is 1. The maximum absolute atomic E-state index is 11.4. The molecule has 1 spiro atoms. The monoisotopic (exact) mass is 357 g/mol. The fourth-order valence-corrected chi connectivity index (χ4v) is 3.65. The zero-order valence-corrected chi connectivity index (χ0v) is 14.5. The first-order chi connectivity index (χ1) is 13.1. The molecule has 27 heavy (non-hydrogen) atoms. The normalized spacial score (nSPS) is 19.7. The van der Waals surface area contributed by atoms with Gasteiger partial charge in [0.15, 0.2) is 0 Å². The summed E-state index contributed by atoms with van der Waals surface area (Å²) in [5.41, 5.74) is 2.40. The van der Waals surface area contributed by atoms with Crippen molar-refractivity contribution in [2.75, 3.05) is 0 Å². The van der Waals surface area contributed by atoms with Crippen molar-refractivity contribution in [3.8, 4) is 11.5 Å². The molecule has 0 bridgehead atoms. The zero-order valence-electron chi connectivity index (χ0n) is 14.5. The number of ether oxygens (including phenoxy) is 2. The second-order valence-corrected chi connectivity index (χ2v) is 6.68. The average molecular weight is 357 g/mol. The van der Waals surface area contributed by atoms with E-state index in [0.717, 1.165) is 21.9 Å². The van der Waals surface area contributed by atoms with Gasteiger partial charge in [-0.05, 0) is 35.9 Å². The fourth-order valence-electron chi connectivity index (χ4n) is 3.65. The maximum atomic E-state index is 11.4. The van der Waals surface area contributed by atoms with Crippen molar-refractivity contribution < 1.29 is 14.4 Å². The summed E-state index contributed by atoms with van der Waals surface area (Å²) in [6.45, 7) is 1.91. The average Bonchev–Trinajstić information content (AvgIpc) is 2.68. The third kappa shape index (κ3) is 2.25. The van der Waals surface area contributed by atoms with Crippen LogP contribution in [0.15, 0.2) is 66.2 Å². The Bertz CT molecular complexity index is 1180. The highest BCUT2D eigenvalue weighted by molar-refractivity contribution is 5.94. The van der Waals surface area contributed by atoms with Gasteiger partial charge in [0.25, 0.3) is 5.79 Å². The second-order valence-electron chi connectivity index (χ2n) is 6.68. The summed E-state index contributed by atoms with van der Waals surface area (Å²) in [6, 6.07) is 16.9. The smallest absolute Gasteiger partial charge is 0.311 e. The SMILES string of the molecule is CC1=Cc2c(ccc3ccccc23)OC12C=Cc1cccc([N+](=O)[O-])c1O2. The summed E-state index contributed by atoms with van der Waals surface area (Å²) < 4.78 is 12.4. The Kier molecular flexibility index (Phi) is 3.15. The standard InChI is InChI=1S/C22H15NO4/c1-14-13-18-17-7-3-2-5-15(17)9-10-20(18)26-22(14)12-11-16-6-4-8-19(23(24)25)21(16)27-22/h2-13H,1H3. The van der Waals surface area contributed by atoms with Crippen molar-refractivity contribution in [3.63, 3.8) is 0 Å². The molecule has 0 aromatic heterocycles. The molecule has 0 N–H and O–H groups in total. The molecule has 0 amide bonds. The van der Waals surface area contributed by atoms with E-state index in [9.17, 15) is 10.1 Å². The van der Waals surface area contributed by atoms with Crippen LogP contribution in [0.4, 0.5) is 5.69 Å². The van der Waals surface area contributed by atoms with Crippen molar-refractivity contribution in [2.45, 2.75) is 12.7 Å². The Morgan fingerprint density at radius 2 is 1.85 bits per heavy atom. The molecule has 2 aliphatic heterocycles. The Hall–Kier alpha value is -3.60. The van der Waals surface area contributed by atoms with E-state index in [1.807, 2.05) is 49.4 Å². The van der Waals surface area contributed by atoms with E-state index in [1.165, 1.54) is 6.07 Å². The third-order valence-electron chi connectivity index (χ3n) is 5.06. The van der Waals surface area contributed by atoms with Gasteiger partial charge in [-0.2, -0.15) is 0 Å². The van der Waals surface area contributed by atoms with Crippen LogP contribution < -0.4 is 9.47 Å². The van der Waals surface area contributed by atoms with Gasteiger partial charge in [-0.3, -0.25) is 10.1 Å². The van der Waals surface area contributed by atoms with Gasteiger partial charge in [-0.1, -0.05) is 42.5 Å². The molecule has 2 heterocycles. The first-order valence-corrected chi connectivity index (χ1v) is 8.63. The van der Waals surface area contributed by atoms with E-state index in [2.05, 4.69) is 12.1 Å². The van der Waals surface area contributed by atoms with E-state index < -0.39 is 10.7 Å². The van der Waals surface area contributed by atoms with Crippen LogP contribution in [0.2, 0.25) is 0 Å². The van der Waals surface area contributed by atoms with Crippen molar-refractivity contribution in [3.05, 3.63) is 87.5 Å². The van der Waals surface area contributed by atoms with Crippen molar-refractivity contribution in [1.82, 2.24) is 0 Å². The van der Waals surface area contributed by atoms with Crippen LogP contribution in [0.25, 0.3) is 22.9 Å². The number of hydrogen-bond acceptors (Lipinski definition) is 4. The van der Waals surface area contributed by atoms with Gasteiger partial charge < -0.3 is 9.47 Å². The molecule has 0 fully saturated rings. The third-order valence-corrected chi connectivity index (χ3v) is 5.06. The topological polar surface area (TPSA) is 61.6 Å². The molecule has 0 saturated heterocycles. The highest BCUT2D eigenvalue weighted by atomic mass is 16.7. The molecule has 1 unspecified atom stereocenters. The fraction of sp³-hybridized carbons (Fsp3) is 0.0909. The predicted molar refractivity (Wildman–Crippen MR) is 104 cm³/mol. The van der Waals surface area contributed by atoms with Gasteiger partial charge in [0.1, 0.15) is 5.75 Å². The van der Waals surface area contributed by atoms with Gasteiger partial charge in [-0.25, -0.2) is 0 Å². The highest BCUT2D eigenvalue weighted by Gasteiger charge is 2.42. The van der Waals surface area contributed by atoms with Crippen molar-refractivity contribution >= 4 is 28.6 Å². The minimum absolute atomic E-state index is 0.0723. The molecule has 5 heteroatoms. The van der Waals surface area contributed by atoms with Crippen molar-refractivity contribution in [1.29, 1.82) is 0 Å². The van der Waals surface area contributed by atoms with E-state index in [4.69, 9.17) is 9.47 Å².